The van der Waals surface area contributed by atoms with Crippen LogP contribution in [0.15, 0.2) is 0 Å². The van der Waals surface area contributed by atoms with E-state index in [4.69, 9.17) is 0 Å². The Morgan fingerprint density at radius 2 is 0.821 bits per heavy atom. The van der Waals surface area contributed by atoms with E-state index in [1.54, 1.807) is 0 Å². The van der Waals surface area contributed by atoms with Crippen LogP contribution >= 0.6 is 0 Å². The maximum Gasteiger partial charge on any atom is 2.00 e. The van der Waals surface area contributed by atoms with Gasteiger partial charge >= 0.3 is 35.0 Å². The van der Waals surface area contributed by atoms with Gasteiger partial charge in [-0.3, -0.25) is 9.59 Å². The Morgan fingerprint density at radius 3 is 1.07 bits per heavy atom. The van der Waals surface area contributed by atoms with Gasteiger partial charge in [-0.1, -0.05) is 117 Å². The number of aliphatic carboxylic acids is 2. The molecule has 0 aromatic heterocycles. The van der Waals surface area contributed by atoms with Gasteiger partial charge in [-0.2, -0.15) is 0 Å². The van der Waals surface area contributed by atoms with E-state index in [2.05, 4.69) is 13.8 Å². The second-order valence-corrected chi connectivity index (χ2v) is 8.14. The van der Waals surface area contributed by atoms with Crippen molar-refractivity contribution in [2.45, 2.75) is 129 Å². The third-order valence-corrected chi connectivity index (χ3v) is 5.73. The van der Waals surface area contributed by atoms with Crippen LogP contribution in [0.4, 0.5) is 0 Å². The van der Waals surface area contributed by atoms with Gasteiger partial charge in [0.25, 0.3) is 0 Å². The average Bonchev–Trinajstić information content (AvgIpc) is 2.63. The monoisotopic (exact) mass is 410 g/mol. The summed E-state index contributed by atoms with van der Waals surface area (Å²) in [6, 6.07) is 0. The average molecular weight is 411 g/mol. The molecule has 0 aromatic rings. The van der Waals surface area contributed by atoms with E-state index in [1.165, 1.54) is 57.8 Å². The second-order valence-electron chi connectivity index (χ2n) is 8.14. The molecule has 0 spiro atoms. The summed E-state index contributed by atoms with van der Waals surface area (Å²) in [7, 11) is 0. The molecule has 2 N–H and O–H groups in total. The van der Waals surface area contributed by atoms with Gasteiger partial charge < -0.3 is 13.1 Å². The molecule has 0 saturated carbocycles. The van der Waals surface area contributed by atoms with Crippen molar-refractivity contribution >= 4 is 35.0 Å². The number of hydrogen-bond acceptors (Lipinski definition) is 2. The van der Waals surface area contributed by atoms with Gasteiger partial charge in [0.2, 0.25) is 0 Å². The fourth-order valence-corrected chi connectivity index (χ4v) is 3.77. The fraction of sp³-hybridized carbons (Fsp3) is 0.913. The summed E-state index contributed by atoms with van der Waals surface area (Å²) < 4.78 is 0. The van der Waals surface area contributed by atoms with Gasteiger partial charge in [0, 0.05) is 0 Å². The predicted molar refractivity (Wildman–Crippen MR) is 120 cm³/mol. The number of carboxylic acid groups (broad SMARTS) is 2. The minimum Gasteiger partial charge on any atom is -1.00 e. The topological polar surface area (TPSA) is 74.6 Å². The summed E-state index contributed by atoms with van der Waals surface area (Å²) >= 11 is 0. The summed E-state index contributed by atoms with van der Waals surface area (Å²) in [6.07, 6.45) is 18.4. The Hall–Kier alpha value is -0.294. The third-order valence-electron chi connectivity index (χ3n) is 5.73. The number of carbonyl (C=O) groups is 2. The predicted octanol–water partition coefficient (Wildman–Crippen LogP) is 7.05. The number of carboxylic acids is 2. The van der Waals surface area contributed by atoms with E-state index >= 15 is 0 Å². The first-order chi connectivity index (χ1) is 13.0. The van der Waals surface area contributed by atoms with Crippen LogP contribution in [0.5, 0.6) is 0 Å². The molecule has 0 heterocycles. The Kier molecular flexibility index (Phi) is 21.4. The third kappa shape index (κ3) is 13.8. The summed E-state index contributed by atoms with van der Waals surface area (Å²) in [5, 5.41) is 19.2. The smallest absolute Gasteiger partial charge is 1.00 e. The van der Waals surface area contributed by atoms with Gasteiger partial charge in [-0.15, -0.1) is 0 Å². The molecule has 0 aromatic carbocycles. The van der Waals surface area contributed by atoms with Gasteiger partial charge in [0.1, 0.15) is 0 Å². The molecule has 0 bridgehead atoms. The number of rotatable bonds is 20. The molecular formula is C23H46MgO4. The second kappa shape index (κ2) is 20.0. The first-order valence-corrected chi connectivity index (χ1v) is 11.5. The Morgan fingerprint density at radius 1 is 0.571 bits per heavy atom. The molecule has 0 unspecified atom stereocenters. The van der Waals surface area contributed by atoms with Crippen LogP contribution < -0.4 is 0 Å². The van der Waals surface area contributed by atoms with Crippen LogP contribution in [-0.4, -0.2) is 45.2 Å². The van der Waals surface area contributed by atoms with Crippen molar-refractivity contribution in [1.82, 2.24) is 0 Å². The van der Waals surface area contributed by atoms with Crippen LogP contribution in [-0.2, 0) is 9.59 Å². The summed E-state index contributed by atoms with van der Waals surface area (Å²) in [5.74, 6) is -2.31. The minimum atomic E-state index is -1.58. The molecule has 0 aliphatic carbocycles. The van der Waals surface area contributed by atoms with Gasteiger partial charge in [0.15, 0.2) is 5.41 Å². The van der Waals surface area contributed by atoms with E-state index in [0.29, 0.717) is 12.8 Å². The van der Waals surface area contributed by atoms with E-state index in [-0.39, 0.29) is 38.7 Å². The van der Waals surface area contributed by atoms with Crippen molar-refractivity contribution in [2.75, 3.05) is 0 Å². The van der Waals surface area contributed by atoms with Crippen LogP contribution in [0.1, 0.15) is 132 Å². The van der Waals surface area contributed by atoms with Gasteiger partial charge in [-0.05, 0) is 12.8 Å². The molecule has 4 nitrogen and oxygen atoms in total. The van der Waals surface area contributed by atoms with Crippen molar-refractivity contribution in [3.05, 3.63) is 0 Å². The fourth-order valence-electron chi connectivity index (χ4n) is 3.77. The molecule has 164 valence electrons. The quantitative estimate of drug-likeness (QED) is 0.128. The standard InChI is InChI=1S/C23H44O4.Mg.2H/c1-3-5-7-9-11-12-13-14-16-18-20-23(21(24)25,22(26)27)19-17-15-10-8-6-4-2;;;/h3-20H2,1-2H3,(H,24,25)(H,26,27);;;/q;+2;2*-1. The zero-order chi connectivity index (χ0) is 20.4. The number of hydrogen-bond donors (Lipinski definition) is 2. The first kappa shape index (κ1) is 29.9. The molecule has 0 fully saturated rings. The van der Waals surface area contributed by atoms with Crippen LogP contribution in [0.3, 0.4) is 0 Å². The zero-order valence-electron chi connectivity index (χ0n) is 20.6. The number of unbranched alkanes of at least 4 members (excludes halogenated alkanes) is 14. The minimum absolute atomic E-state index is 0. The van der Waals surface area contributed by atoms with Crippen molar-refractivity contribution < 1.29 is 22.7 Å². The first-order valence-electron chi connectivity index (χ1n) is 11.5. The molecule has 0 saturated heterocycles. The van der Waals surface area contributed by atoms with Crippen LogP contribution in [0.25, 0.3) is 0 Å². The Labute approximate surface area is 192 Å². The van der Waals surface area contributed by atoms with Crippen molar-refractivity contribution in [2.24, 2.45) is 5.41 Å². The molecule has 0 radical (unpaired) electrons. The molecule has 0 aliphatic rings. The van der Waals surface area contributed by atoms with Crippen LogP contribution in [0, 0.1) is 5.41 Å². The summed E-state index contributed by atoms with van der Waals surface area (Å²) in [6.45, 7) is 4.38. The normalized spacial score (nSPS) is 11.2. The molecule has 0 amide bonds. The Bertz CT molecular complexity index is 381. The zero-order valence-corrected chi connectivity index (χ0v) is 20.1. The van der Waals surface area contributed by atoms with Crippen LogP contribution in [0.2, 0.25) is 0 Å². The largest absolute Gasteiger partial charge is 2.00 e. The summed E-state index contributed by atoms with van der Waals surface area (Å²) in [5.41, 5.74) is -1.58. The molecule has 0 atom stereocenters. The SMILES string of the molecule is CCCCCCCCCCCCC(CCCCCCCC)(C(=O)O)C(=O)O.[H-].[H-].[Mg+2]. The molecule has 0 rings (SSSR count). The molecule has 0 aliphatic heterocycles. The van der Waals surface area contributed by atoms with E-state index in [9.17, 15) is 19.8 Å². The van der Waals surface area contributed by atoms with Gasteiger partial charge in [0.05, 0.1) is 0 Å². The van der Waals surface area contributed by atoms with E-state index in [0.717, 1.165) is 32.1 Å². The molecule has 5 heteroatoms. The summed E-state index contributed by atoms with van der Waals surface area (Å²) in [4.78, 5) is 23.5. The van der Waals surface area contributed by atoms with Gasteiger partial charge in [-0.25, -0.2) is 0 Å². The molecular weight excluding hydrogens is 365 g/mol. The maximum absolute atomic E-state index is 11.7. The van der Waals surface area contributed by atoms with E-state index in [1.807, 2.05) is 0 Å². The van der Waals surface area contributed by atoms with Crippen molar-refractivity contribution in [1.29, 1.82) is 0 Å². The van der Waals surface area contributed by atoms with E-state index < -0.39 is 17.4 Å². The Balaban J connectivity index is -0.00000113. The van der Waals surface area contributed by atoms with Crippen molar-refractivity contribution in [3.8, 4) is 0 Å². The molecule has 28 heavy (non-hydrogen) atoms. The maximum atomic E-state index is 11.7. The van der Waals surface area contributed by atoms with Crippen molar-refractivity contribution in [3.63, 3.8) is 0 Å².